The first-order valence-electron chi connectivity index (χ1n) is 4.10. The summed E-state index contributed by atoms with van der Waals surface area (Å²) >= 11 is 1.31. The van der Waals surface area contributed by atoms with Crippen LogP contribution < -0.4 is 14.8 Å². The van der Waals surface area contributed by atoms with Gasteiger partial charge in [0.25, 0.3) is 0 Å². The minimum absolute atomic E-state index is 0.655. The molecule has 1 heterocycles. The Morgan fingerprint density at radius 1 is 1.38 bits per heavy atom. The van der Waals surface area contributed by atoms with Gasteiger partial charge in [-0.3, -0.25) is 0 Å². The second-order valence-corrected chi connectivity index (χ2v) is 3.18. The molecule has 0 unspecified atom stereocenters. The average molecular weight is 202 g/mol. The van der Waals surface area contributed by atoms with E-state index in [-0.39, 0.29) is 0 Å². The van der Waals surface area contributed by atoms with Crippen molar-refractivity contribution in [3.05, 3.63) is 5.56 Å². The minimum atomic E-state index is 0.655. The Bertz CT molecular complexity index is 241. The van der Waals surface area contributed by atoms with Crippen LogP contribution in [0.5, 0.6) is 10.9 Å². The maximum atomic E-state index is 5.16. The fourth-order valence-electron chi connectivity index (χ4n) is 0.999. The molecule has 0 aromatic carbocycles. The molecule has 1 aromatic heterocycles. The summed E-state index contributed by atoms with van der Waals surface area (Å²) < 4.78 is 14.4. The highest BCUT2D eigenvalue weighted by Crippen LogP contribution is 2.31. The summed E-state index contributed by atoms with van der Waals surface area (Å²) in [7, 11) is 3.26. The van der Waals surface area contributed by atoms with Gasteiger partial charge in [-0.2, -0.15) is 4.37 Å². The van der Waals surface area contributed by atoms with E-state index in [4.69, 9.17) is 9.47 Å². The van der Waals surface area contributed by atoms with Crippen LogP contribution >= 0.6 is 11.5 Å². The maximum Gasteiger partial charge on any atom is 0.233 e. The SMILES string of the molecule is CCNCc1c(OC)nsc1OC. The van der Waals surface area contributed by atoms with Crippen LogP contribution in [0.15, 0.2) is 0 Å². The van der Waals surface area contributed by atoms with Crippen LogP contribution in [0.25, 0.3) is 0 Å². The summed E-state index contributed by atoms with van der Waals surface area (Å²) in [6.07, 6.45) is 0. The molecule has 0 saturated heterocycles. The Morgan fingerprint density at radius 3 is 2.69 bits per heavy atom. The molecule has 0 aliphatic rings. The number of aromatic nitrogens is 1. The van der Waals surface area contributed by atoms with Gasteiger partial charge in [0.2, 0.25) is 10.9 Å². The fraction of sp³-hybridized carbons (Fsp3) is 0.625. The molecule has 5 heteroatoms. The van der Waals surface area contributed by atoms with Crippen molar-refractivity contribution in [1.29, 1.82) is 0 Å². The number of hydrogen-bond acceptors (Lipinski definition) is 5. The zero-order valence-electron chi connectivity index (χ0n) is 8.09. The molecule has 0 fully saturated rings. The van der Waals surface area contributed by atoms with Crippen LogP contribution in [-0.4, -0.2) is 25.1 Å². The molecule has 0 atom stereocenters. The summed E-state index contributed by atoms with van der Waals surface area (Å²) in [5.41, 5.74) is 0.997. The summed E-state index contributed by atoms with van der Waals surface area (Å²) in [6, 6.07) is 0. The molecular weight excluding hydrogens is 188 g/mol. The number of hydrogen-bond donors (Lipinski definition) is 1. The van der Waals surface area contributed by atoms with Crippen molar-refractivity contribution in [2.45, 2.75) is 13.5 Å². The zero-order chi connectivity index (χ0) is 9.68. The lowest BCUT2D eigenvalue weighted by molar-refractivity contribution is 0.385. The van der Waals surface area contributed by atoms with Gasteiger partial charge >= 0.3 is 0 Å². The largest absolute Gasteiger partial charge is 0.486 e. The van der Waals surface area contributed by atoms with E-state index in [9.17, 15) is 0 Å². The highest BCUT2D eigenvalue weighted by molar-refractivity contribution is 7.08. The lowest BCUT2D eigenvalue weighted by Crippen LogP contribution is -2.12. The van der Waals surface area contributed by atoms with Gasteiger partial charge in [-0.05, 0) is 6.54 Å². The number of ether oxygens (including phenoxy) is 2. The first-order chi connectivity index (χ1) is 6.33. The van der Waals surface area contributed by atoms with Crippen LogP contribution in [0.4, 0.5) is 0 Å². The molecule has 1 rings (SSSR count). The smallest absolute Gasteiger partial charge is 0.233 e. The topological polar surface area (TPSA) is 43.4 Å². The maximum absolute atomic E-state index is 5.16. The molecule has 0 amide bonds. The van der Waals surface area contributed by atoms with E-state index in [0.717, 1.165) is 23.7 Å². The highest BCUT2D eigenvalue weighted by atomic mass is 32.1. The normalized spacial score (nSPS) is 10.1. The predicted molar refractivity (Wildman–Crippen MR) is 52.6 cm³/mol. The van der Waals surface area contributed by atoms with Gasteiger partial charge in [0, 0.05) is 18.1 Å². The lowest BCUT2D eigenvalue weighted by Gasteiger charge is -2.03. The molecule has 0 aliphatic heterocycles. The van der Waals surface area contributed by atoms with E-state index in [1.54, 1.807) is 14.2 Å². The summed E-state index contributed by atoms with van der Waals surface area (Å²) in [4.78, 5) is 0. The Hall–Kier alpha value is -0.810. The van der Waals surface area contributed by atoms with Crippen molar-refractivity contribution in [2.75, 3.05) is 20.8 Å². The highest BCUT2D eigenvalue weighted by Gasteiger charge is 2.13. The van der Waals surface area contributed by atoms with Crippen molar-refractivity contribution in [2.24, 2.45) is 0 Å². The Labute approximate surface area is 82.0 Å². The van der Waals surface area contributed by atoms with Gasteiger partial charge in [0.15, 0.2) is 0 Å². The predicted octanol–water partition coefficient (Wildman–Crippen LogP) is 1.27. The van der Waals surface area contributed by atoms with Gasteiger partial charge in [-0.25, -0.2) is 0 Å². The number of rotatable bonds is 5. The minimum Gasteiger partial charge on any atom is -0.486 e. The van der Waals surface area contributed by atoms with Crippen LogP contribution in [0, 0.1) is 0 Å². The first kappa shape index (κ1) is 10.3. The van der Waals surface area contributed by atoms with E-state index < -0.39 is 0 Å². The fourth-order valence-corrected chi connectivity index (χ4v) is 1.69. The summed E-state index contributed by atoms with van der Waals surface area (Å²) in [5.74, 6) is 0.655. The molecule has 0 aliphatic carbocycles. The summed E-state index contributed by atoms with van der Waals surface area (Å²) in [5, 5.41) is 4.02. The Kier molecular flexibility index (Phi) is 3.98. The van der Waals surface area contributed by atoms with Gasteiger partial charge in [-0.15, -0.1) is 0 Å². The van der Waals surface area contributed by atoms with E-state index >= 15 is 0 Å². The van der Waals surface area contributed by atoms with Crippen molar-refractivity contribution >= 4 is 11.5 Å². The molecule has 74 valence electrons. The molecular formula is C8H14N2O2S. The third-order valence-electron chi connectivity index (χ3n) is 1.65. The zero-order valence-corrected chi connectivity index (χ0v) is 8.90. The van der Waals surface area contributed by atoms with Gasteiger partial charge < -0.3 is 14.8 Å². The third kappa shape index (κ3) is 2.32. The Morgan fingerprint density at radius 2 is 2.15 bits per heavy atom. The molecule has 13 heavy (non-hydrogen) atoms. The number of nitrogens with zero attached hydrogens (tertiary/aromatic N) is 1. The summed E-state index contributed by atoms with van der Waals surface area (Å²) in [6.45, 7) is 3.71. The molecule has 0 saturated carbocycles. The molecule has 1 N–H and O–H groups in total. The first-order valence-corrected chi connectivity index (χ1v) is 4.88. The van der Waals surface area contributed by atoms with Crippen LogP contribution in [0.2, 0.25) is 0 Å². The second-order valence-electron chi connectivity index (χ2n) is 2.44. The Balaban J connectivity index is 2.78. The van der Waals surface area contributed by atoms with Crippen LogP contribution in [0.1, 0.15) is 12.5 Å². The number of methoxy groups -OCH3 is 2. The molecule has 1 aromatic rings. The second kappa shape index (κ2) is 5.04. The van der Waals surface area contributed by atoms with Crippen molar-refractivity contribution in [3.63, 3.8) is 0 Å². The van der Waals surface area contributed by atoms with Crippen LogP contribution in [-0.2, 0) is 6.54 Å². The van der Waals surface area contributed by atoms with E-state index in [2.05, 4.69) is 16.6 Å². The monoisotopic (exact) mass is 202 g/mol. The molecule has 0 spiro atoms. The lowest BCUT2D eigenvalue weighted by atomic mass is 10.3. The average Bonchev–Trinajstić information content (AvgIpc) is 2.56. The van der Waals surface area contributed by atoms with Crippen LogP contribution in [0.3, 0.4) is 0 Å². The van der Waals surface area contributed by atoms with E-state index in [1.807, 2.05) is 0 Å². The van der Waals surface area contributed by atoms with E-state index in [0.29, 0.717) is 5.88 Å². The van der Waals surface area contributed by atoms with E-state index in [1.165, 1.54) is 11.5 Å². The third-order valence-corrected chi connectivity index (χ3v) is 2.48. The van der Waals surface area contributed by atoms with Crippen molar-refractivity contribution in [1.82, 2.24) is 9.69 Å². The standard InChI is InChI=1S/C8H14N2O2S/c1-4-9-5-6-7(11-2)10-13-8(6)12-3/h9H,4-5H2,1-3H3. The quantitative estimate of drug-likeness (QED) is 0.781. The van der Waals surface area contributed by atoms with Crippen molar-refractivity contribution in [3.8, 4) is 10.9 Å². The van der Waals surface area contributed by atoms with Gasteiger partial charge in [0.1, 0.15) is 0 Å². The van der Waals surface area contributed by atoms with Gasteiger partial charge in [0.05, 0.1) is 19.8 Å². The molecule has 0 bridgehead atoms. The number of nitrogens with one attached hydrogen (secondary N) is 1. The van der Waals surface area contributed by atoms with Crippen molar-refractivity contribution < 1.29 is 9.47 Å². The molecule has 4 nitrogen and oxygen atoms in total. The molecule has 0 radical (unpaired) electrons. The van der Waals surface area contributed by atoms with Gasteiger partial charge in [-0.1, -0.05) is 6.92 Å².